The van der Waals surface area contributed by atoms with Crippen LogP contribution in [0.2, 0.25) is 10.0 Å². The molecule has 3 rings (SSSR count). The van der Waals surface area contributed by atoms with Gasteiger partial charge in [-0.05, 0) is 19.1 Å². The van der Waals surface area contributed by atoms with Crippen molar-refractivity contribution in [1.82, 2.24) is 4.98 Å². The van der Waals surface area contributed by atoms with Crippen LogP contribution in [0.25, 0.3) is 21.3 Å². The lowest BCUT2D eigenvalue weighted by Crippen LogP contribution is -2.04. The lowest BCUT2D eigenvalue weighted by Gasteiger charge is -2.06. The van der Waals surface area contributed by atoms with E-state index >= 15 is 0 Å². The van der Waals surface area contributed by atoms with Crippen LogP contribution in [0.1, 0.15) is 24.0 Å². The van der Waals surface area contributed by atoms with E-state index < -0.39 is 0 Å². The van der Waals surface area contributed by atoms with Gasteiger partial charge in [-0.15, -0.1) is 11.3 Å². The molecule has 0 aliphatic carbocycles. The van der Waals surface area contributed by atoms with Crippen molar-refractivity contribution in [3.8, 4) is 11.3 Å². The molecule has 2 heterocycles. The molecule has 25 heavy (non-hydrogen) atoms. The minimum atomic E-state index is -0.355. The molecule has 0 atom stereocenters. The number of fused-ring (bicyclic) bond motifs is 1. The molecule has 0 amide bonds. The highest BCUT2D eigenvalue weighted by Gasteiger charge is 2.22. The number of rotatable bonds is 4. The highest BCUT2D eigenvalue weighted by Crippen LogP contribution is 2.43. The Bertz CT molecular complexity index is 925. The summed E-state index contributed by atoms with van der Waals surface area (Å²) in [5, 5.41) is 4.88. The van der Waals surface area contributed by atoms with Crippen LogP contribution >= 0.6 is 34.5 Å². The van der Waals surface area contributed by atoms with Crippen molar-refractivity contribution in [1.29, 1.82) is 0 Å². The van der Waals surface area contributed by atoms with Gasteiger partial charge >= 0.3 is 5.97 Å². The highest BCUT2D eigenvalue weighted by molar-refractivity contribution is 7.22. The van der Waals surface area contributed by atoms with Gasteiger partial charge in [-0.2, -0.15) is 0 Å². The van der Waals surface area contributed by atoms with E-state index in [-0.39, 0.29) is 13.4 Å². The fourth-order valence-corrected chi connectivity index (χ4v) is 4.08. The van der Waals surface area contributed by atoms with Crippen molar-refractivity contribution in [2.24, 2.45) is 0 Å². The molecule has 0 radical (unpaired) electrons. The Hall–Kier alpha value is -1.82. The predicted octanol–water partition coefficient (Wildman–Crippen LogP) is 6.12. The first-order valence-electron chi connectivity index (χ1n) is 7.29. The van der Waals surface area contributed by atoms with Crippen LogP contribution in [0.4, 0.5) is 5.69 Å². The molecular weight excluding hydrogens is 379 g/mol. The molecule has 0 aliphatic rings. The van der Waals surface area contributed by atoms with Crippen molar-refractivity contribution in [3.63, 3.8) is 0 Å². The van der Waals surface area contributed by atoms with Gasteiger partial charge in [-0.3, -0.25) is 4.98 Å². The van der Waals surface area contributed by atoms with Crippen LogP contribution in [-0.2, 0) is 4.74 Å². The summed E-state index contributed by atoms with van der Waals surface area (Å²) in [7, 11) is 1.77. The van der Waals surface area contributed by atoms with Crippen LogP contribution in [-0.4, -0.2) is 24.6 Å². The molecular formula is C18H18Cl2N2O2S. The van der Waals surface area contributed by atoms with Gasteiger partial charge in [0.15, 0.2) is 0 Å². The zero-order valence-electron chi connectivity index (χ0n) is 13.0. The first kappa shape index (κ1) is 19.5. The maximum absolute atomic E-state index is 12.2. The van der Waals surface area contributed by atoms with Gasteiger partial charge < -0.3 is 10.1 Å². The number of anilines is 1. The SMILES string of the molecule is C.CCOC(=O)c1sc2c(-c3cccc(Cl)c3Cl)nccc2c1NC. The number of aromatic nitrogens is 1. The van der Waals surface area contributed by atoms with E-state index in [1.165, 1.54) is 11.3 Å². The van der Waals surface area contributed by atoms with Crippen LogP contribution in [0.15, 0.2) is 30.5 Å². The molecule has 0 bridgehead atoms. The first-order chi connectivity index (χ1) is 11.6. The minimum Gasteiger partial charge on any atom is -0.462 e. The quantitative estimate of drug-likeness (QED) is 0.539. The maximum atomic E-state index is 12.2. The summed E-state index contributed by atoms with van der Waals surface area (Å²) in [6.45, 7) is 2.10. The number of carbonyl (C=O) groups is 1. The van der Waals surface area contributed by atoms with E-state index in [1.807, 2.05) is 18.2 Å². The second-order valence-electron chi connectivity index (χ2n) is 4.91. The topological polar surface area (TPSA) is 51.2 Å². The number of ether oxygens (including phenoxy) is 1. The average molecular weight is 397 g/mol. The largest absolute Gasteiger partial charge is 0.462 e. The predicted molar refractivity (Wildman–Crippen MR) is 107 cm³/mol. The number of hydrogen-bond donors (Lipinski definition) is 1. The average Bonchev–Trinajstić information content (AvgIpc) is 2.96. The van der Waals surface area contributed by atoms with E-state index in [4.69, 9.17) is 27.9 Å². The third-order valence-corrected chi connectivity index (χ3v) is 5.53. The zero-order chi connectivity index (χ0) is 17.3. The maximum Gasteiger partial charge on any atom is 0.350 e. The lowest BCUT2D eigenvalue weighted by atomic mass is 10.1. The number of nitrogens with zero attached hydrogens (tertiary/aromatic N) is 1. The Morgan fingerprint density at radius 3 is 2.76 bits per heavy atom. The van der Waals surface area contributed by atoms with Gasteiger partial charge in [0, 0.05) is 24.2 Å². The fraction of sp³-hybridized carbons (Fsp3) is 0.222. The Morgan fingerprint density at radius 1 is 1.32 bits per heavy atom. The third-order valence-electron chi connectivity index (χ3n) is 3.52. The smallest absolute Gasteiger partial charge is 0.350 e. The fourth-order valence-electron chi connectivity index (χ4n) is 2.49. The Labute approximate surface area is 160 Å². The Morgan fingerprint density at radius 2 is 2.08 bits per heavy atom. The summed E-state index contributed by atoms with van der Waals surface area (Å²) >= 11 is 13.8. The molecule has 0 unspecified atom stereocenters. The van der Waals surface area contributed by atoms with E-state index in [0.29, 0.717) is 27.2 Å². The molecule has 0 saturated heterocycles. The summed E-state index contributed by atoms with van der Waals surface area (Å²) in [4.78, 5) is 17.2. The summed E-state index contributed by atoms with van der Waals surface area (Å²) in [5.74, 6) is -0.355. The van der Waals surface area contributed by atoms with E-state index in [1.54, 1.807) is 26.2 Å². The number of esters is 1. The monoisotopic (exact) mass is 396 g/mol. The molecule has 0 aliphatic heterocycles. The molecule has 0 fully saturated rings. The van der Waals surface area contributed by atoms with Crippen molar-refractivity contribution in [3.05, 3.63) is 45.4 Å². The summed E-state index contributed by atoms with van der Waals surface area (Å²) < 4.78 is 6.01. The standard InChI is InChI=1S/C17H14Cl2N2O2S.CH4/c1-3-23-17(22)16-13(20-2)10-7-8-21-14(15(10)24-16)9-5-4-6-11(18)12(9)19;/h4-8,20H,3H2,1-2H3;1H4. The van der Waals surface area contributed by atoms with Crippen LogP contribution < -0.4 is 5.32 Å². The Kier molecular flexibility index (Phi) is 6.27. The van der Waals surface area contributed by atoms with E-state index in [9.17, 15) is 4.79 Å². The first-order valence-corrected chi connectivity index (χ1v) is 8.86. The van der Waals surface area contributed by atoms with Crippen molar-refractivity contribution in [2.45, 2.75) is 14.4 Å². The Balaban J connectivity index is 0.00000225. The van der Waals surface area contributed by atoms with E-state index in [2.05, 4.69) is 10.3 Å². The van der Waals surface area contributed by atoms with Crippen molar-refractivity contribution in [2.75, 3.05) is 19.0 Å². The molecule has 3 aromatic rings. The normalized spacial score (nSPS) is 10.4. The van der Waals surface area contributed by atoms with Crippen molar-refractivity contribution < 1.29 is 9.53 Å². The molecule has 1 N–H and O–H groups in total. The molecule has 4 nitrogen and oxygen atoms in total. The zero-order valence-corrected chi connectivity index (χ0v) is 15.4. The minimum absolute atomic E-state index is 0. The van der Waals surface area contributed by atoms with Gasteiger partial charge in [0.05, 0.1) is 32.7 Å². The molecule has 1 aromatic carbocycles. The second kappa shape index (κ2) is 8.04. The van der Waals surface area contributed by atoms with Gasteiger partial charge in [-0.25, -0.2) is 4.79 Å². The van der Waals surface area contributed by atoms with Gasteiger partial charge in [0.2, 0.25) is 0 Å². The third kappa shape index (κ3) is 3.45. The molecule has 7 heteroatoms. The van der Waals surface area contributed by atoms with Gasteiger partial charge in [0.1, 0.15) is 4.88 Å². The van der Waals surface area contributed by atoms with Crippen LogP contribution in [0, 0.1) is 0 Å². The number of pyridine rings is 1. The molecule has 2 aromatic heterocycles. The summed E-state index contributed by atoms with van der Waals surface area (Å²) in [6.07, 6.45) is 1.69. The number of thiophene rings is 1. The van der Waals surface area contributed by atoms with Crippen molar-refractivity contribution >= 4 is 56.3 Å². The van der Waals surface area contributed by atoms with Gasteiger partial charge in [-0.1, -0.05) is 42.8 Å². The summed E-state index contributed by atoms with van der Waals surface area (Å²) in [5.41, 5.74) is 2.15. The lowest BCUT2D eigenvalue weighted by molar-refractivity contribution is 0.0533. The molecule has 0 spiro atoms. The molecule has 132 valence electrons. The highest BCUT2D eigenvalue weighted by atomic mass is 35.5. The number of carbonyl (C=O) groups excluding carboxylic acids is 1. The number of hydrogen-bond acceptors (Lipinski definition) is 5. The van der Waals surface area contributed by atoms with Crippen LogP contribution in [0.3, 0.4) is 0 Å². The number of halogens is 2. The number of benzene rings is 1. The van der Waals surface area contributed by atoms with E-state index in [0.717, 1.165) is 21.3 Å². The molecule has 0 saturated carbocycles. The van der Waals surface area contributed by atoms with Gasteiger partial charge in [0.25, 0.3) is 0 Å². The number of nitrogens with one attached hydrogen (secondary N) is 1. The van der Waals surface area contributed by atoms with Crippen LogP contribution in [0.5, 0.6) is 0 Å². The second-order valence-corrected chi connectivity index (χ2v) is 6.72. The summed E-state index contributed by atoms with van der Waals surface area (Å²) in [6, 6.07) is 7.27.